The fourth-order valence-electron chi connectivity index (χ4n) is 2.50. The summed E-state index contributed by atoms with van der Waals surface area (Å²) in [6, 6.07) is 11.4. The van der Waals surface area contributed by atoms with Crippen molar-refractivity contribution in [3.05, 3.63) is 47.8 Å². The number of fused-ring (bicyclic) bond motifs is 1. The molecular formula is C16H17N3O2. The number of rotatable bonds is 3. The van der Waals surface area contributed by atoms with E-state index in [1.165, 1.54) is 0 Å². The van der Waals surface area contributed by atoms with Gasteiger partial charge in [0.25, 0.3) is 0 Å². The van der Waals surface area contributed by atoms with E-state index in [4.69, 9.17) is 10.5 Å². The van der Waals surface area contributed by atoms with Gasteiger partial charge in [-0.1, -0.05) is 6.07 Å². The molecule has 1 heterocycles. The summed E-state index contributed by atoms with van der Waals surface area (Å²) in [4.78, 5) is 4.45. The number of hydrogen-bond donors (Lipinski definition) is 2. The van der Waals surface area contributed by atoms with Crippen LogP contribution in [0, 0.1) is 6.92 Å². The number of aliphatic hydroxyl groups excluding tert-OH is 1. The fourth-order valence-corrected chi connectivity index (χ4v) is 2.50. The van der Waals surface area contributed by atoms with Gasteiger partial charge in [0.1, 0.15) is 18.2 Å². The first kappa shape index (κ1) is 13.5. The molecule has 0 saturated carbocycles. The van der Waals surface area contributed by atoms with E-state index in [9.17, 15) is 5.11 Å². The highest BCUT2D eigenvalue weighted by atomic mass is 16.5. The number of nitrogen functional groups attached to an aromatic ring is 1. The Kier molecular flexibility index (Phi) is 3.27. The number of benzene rings is 2. The van der Waals surface area contributed by atoms with Gasteiger partial charge >= 0.3 is 0 Å². The highest BCUT2D eigenvalue weighted by Gasteiger charge is 2.15. The Balaban J connectivity index is 2.36. The minimum absolute atomic E-state index is 0.161. The highest BCUT2D eigenvalue weighted by Crippen LogP contribution is 2.30. The lowest BCUT2D eigenvalue weighted by Crippen LogP contribution is -2.03. The Morgan fingerprint density at radius 1 is 1.24 bits per heavy atom. The lowest BCUT2D eigenvalue weighted by molar-refractivity contribution is 0.269. The van der Waals surface area contributed by atoms with Crippen LogP contribution in [0.15, 0.2) is 36.4 Å². The average Bonchev–Trinajstić information content (AvgIpc) is 2.84. The van der Waals surface area contributed by atoms with E-state index in [2.05, 4.69) is 4.98 Å². The van der Waals surface area contributed by atoms with E-state index < -0.39 is 0 Å². The lowest BCUT2D eigenvalue weighted by atomic mass is 10.2. The zero-order valence-electron chi connectivity index (χ0n) is 12.0. The van der Waals surface area contributed by atoms with E-state index in [-0.39, 0.29) is 6.61 Å². The van der Waals surface area contributed by atoms with Gasteiger partial charge in [0.2, 0.25) is 0 Å². The van der Waals surface area contributed by atoms with Gasteiger partial charge in [-0.3, -0.25) is 4.57 Å². The second-order valence-corrected chi connectivity index (χ2v) is 4.95. The first-order valence-corrected chi connectivity index (χ1v) is 6.66. The van der Waals surface area contributed by atoms with Crippen LogP contribution in [-0.4, -0.2) is 21.8 Å². The maximum Gasteiger partial charge on any atom is 0.142 e. The molecule has 3 rings (SSSR count). The van der Waals surface area contributed by atoms with Crippen LogP contribution < -0.4 is 10.5 Å². The second kappa shape index (κ2) is 5.10. The summed E-state index contributed by atoms with van der Waals surface area (Å²) >= 11 is 0. The van der Waals surface area contributed by atoms with Gasteiger partial charge < -0.3 is 15.6 Å². The van der Waals surface area contributed by atoms with Crippen LogP contribution in [0.4, 0.5) is 5.69 Å². The minimum atomic E-state index is -0.161. The van der Waals surface area contributed by atoms with Gasteiger partial charge in [0.15, 0.2) is 0 Å². The summed E-state index contributed by atoms with van der Waals surface area (Å²) < 4.78 is 7.34. The average molecular weight is 283 g/mol. The largest absolute Gasteiger partial charge is 0.495 e. The van der Waals surface area contributed by atoms with E-state index in [0.29, 0.717) is 11.5 Å². The Labute approximate surface area is 122 Å². The third kappa shape index (κ3) is 2.21. The molecule has 21 heavy (non-hydrogen) atoms. The third-order valence-corrected chi connectivity index (χ3v) is 3.46. The summed E-state index contributed by atoms with van der Waals surface area (Å²) in [6.45, 7) is 1.85. The van der Waals surface area contributed by atoms with Crippen LogP contribution in [0.3, 0.4) is 0 Å². The van der Waals surface area contributed by atoms with Crippen molar-refractivity contribution in [1.29, 1.82) is 0 Å². The normalized spacial score (nSPS) is 11.0. The SMILES string of the molecule is COc1ccc(C)cc1-n1c(CO)nc2cc(N)ccc21. The molecule has 0 fully saturated rings. The lowest BCUT2D eigenvalue weighted by Gasteiger charge is -2.13. The molecule has 5 nitrogen and oxygen atoms in total. The van der Waals surface area contributed by atoms with Crippen LogP contribution in [-0.2, 0) is 6.61 Å². The first-order chi connectivity index (χ1) is 10.1. The molecule has 0 aliphatic rings. The molecule has 0 spiro atoms. The van der Waals surface area contributed by atoms with Crippen molar-refractivity contribution in [3.8, 4) is 11.4 Å². The topological polar surface area (TPSA) is 73.3 Å². The van der Waals surface area contributed by atoms with Crippen LogP contribution >= 0.6 is 0 Å². The van der Waals surface area contributed by atoms with Crippen molar-refractivity contribution in [3.63, 3.8) is 0 Å². The Hall–Kier alpha value is -2.53. The Bertz CT molecular complexity index is 809. The molecule has 1 aromatic heterocycles. The highest BCUT2D eigenvalue weighted by molar-refractivity contribution is 5.82. The molecule has 3 aromatic rings. The number of methoxy groups -OCH3 is 1. The predicted molar refractivity (Wildman–Crippen MR) is 82.7 cm³/mol. The van der Waals surface area contributed by atoms with E-state index >= 15 is 0 Å². The van der Waals surface area contributed by atoms with Gasteiger partial charge in [0.05, 0.1) is 23.8 Å². The quantitative estimate of drug-likeness (QED) is 0.724. The zero-order valence-corrected chi connectivity index (χ0v) is 12.0. The number of aromatic nitrogens is 2. The summed E-state index contributed by atoms with van der Waals surface area (Å²) in [5.74, 6) is 1.28. The van der Waals surface area contributed by atoms with Crippen LogP contribution in [0.2, 0.25) is 0 Å². The first-order valence-electron chi connectivity index (χ1n) is 6.66. The molecule has 0 atom stereocenters. The van der Waals surface area contributed by atoms with E-state index in [1.807, 2.05) is 41.8 Å². The minimum Gasteiger partial charge on any atom is -0.495 e. The van der Waals surface area contributed by atoms with Crippen LogP contribution in [0.5, 0.6) is 5.75 Å². The number of aliphatic hydroxyl groups is 1. The van der Waals surface area contributed by atoms with E-state index in [1.54, 1.807) is 13.2 Å². The summed E-state index contributed by atoms with van der Waals surface area (Å²) in [5, 5.41) is 9.63. The number of nitrogens with two attached hydrogens (primary N) is 1. The van der Waals surface area contributed by atoms with Crippen LogP contribution in [0.1, 0.15) is 11.4 Å². The third-order valence-electron chi connectivity index (χ3n) is 3.46. The van der Waals surface area contributed by atoms with E-state index in [0.717, 1.165) is 28.0 Å². The van der Waals surface area contributed by atoms with Crippen molar-refractivity contribution < 1.29 is 9.84 Å². The van der Waals surface area contributed by atoms with Crippen molar-refractivity contribution in [2.75, 3.05) is 12.8 Å². The van der Waals surface area contributed by atoms with Gasteiger partial charge in [-0.25, -0.2) is 4.98 Å². The Morgan fingerprint density at radius 2 is 2.05 bits per heavy atom. The molecule has 0 unspecified atom stereocenters. The molecular weight excluding hydrogens is 266 g/mol. The van der Waals surface area contributed by atoms with Crippen molar-refractivity contribution >= 4 is 16.7 Å². The molecule has 5 heteroatoms. The molecule has 108 valence electrons. The van der Waals surface area contributed by atoms with Gasteiger partial charge in [0, 0.05) is 5.69 Å². The molecule has 0 amide bonds. The van der Waals surface area contributed by atoms with Crippen molar-refractivity contribution in [2.45, 2.75) is 13.5 Å². The zero-order chi connectivity index (χ0) is 15.0. The maximum absolute atomic E-state index is 9.63. The van der Waals surface area contributed by atoms with Gasteiger partial charge in [-0.15, -0.1) is 0 Å². The molecule has 3 N–H and O–H groups in total. The molecule has 2 aromatic carbocycles. The smallest absolute Gasteiger partial charge is 0.142 e. The summed E-state index contributed by atoms with van der Waals surface area (Å²) in [5.41, 5.74) is 10.1. The van der Waals surface area contributed by atoms with Crippen LogP contribution in [0.25, 0.3) is 16.7 Å². The second-order valence-electron chi connectivity index (χ2n) is 4.95. The molecule has 0 saturated heterocycles. The molecule has 0 aliphatic carbocycles. The summed E-state index contributed by atoms with van der Waals surface area (Å²) in [6.07, 6.45) is 0. The van der Waals surface area contributed by atoms with Crippen molar-refractivity contribution in [2.24, 2.45) is 0 Å². The van der Waals surface area contributed by atoms with Gasteiger partial charge in [-0.2, -0.15) is 0 Å². The number of anilines is 1. The number of ether oxygens (including phenoxy) is 1. The number of imidazole rings is 1. The predicted octanol–water partition coefficient (Wildman–Crippen LogP) is 2.42. The number of hydrogen-bond acceptors (Lipinski definition) is 4. The molecule has 0 aliphatic heterocycles. The fraction of sp³-hybridized carbons (Fsp3) is 0.188. The Morgan fingerprint density at radius 3 is 2.76 bits per heavy atom. The monoisotopic (exact) mass is 283 g/mol. The summed E-state index contributed by atoms with van der Waals surface area (Å²) in [7, 11) is 1.63. The number of aryl methyl sites for hydroxylation is 1. The molecule has 0 radical (unpaired) electrons. The molecule has 0 bridgehead atoms. The standard InChI is InChI=1S/C16H17N3O2/c1-10-3-6-15(21-2)14(7-10)19-13-5-4-11(17)8-12(13)18-16(19)9-20/h3-8,20H,9,17H2,1-2H3. The van der Waals surface area contributed by atoms with Crippen molar-refractivity contribution in [1.82, 2.24) is 9.55 Å². The van der Waals surface area contributed by atoms with Gasteiger partial charge in [-0.05, 0) is 42.8 Å². The maximum atomic E-state index is 9.63. The number of nitrogens with zero attached hydrogens (tertiary/aromatic N) is 2.